The molecule has 2 aromatic carbocycles. The van der Waals surface area contributed by atoms with Gasteiger partial charge in [0, 0.05) is 5.38 Å². The smallest absolute Gasteiger partial charge is 0.138 e. The topological polar surface area (TPSA) is 42.4 Å². The van der Waals surface area contributed by atoms with Crippen LogP contribution in [-0.4, -0.2) is 17.2 Å². The molecule has 0 spiro atoms. The van der Waals surface area contributed by atoms with Crippen molar-refractivity contribution in [3.63, 3.8) is 0 Å². The van der Waals surface area contributed by atoms with E-state index in [4.69, 9.17) is 4.74 Å². The third-order valence-corrected chi connectivity index (χ3v) is 4.89. The summed E-state index contributed by atoms with van der Waals surface area (Å²) in [7, 11) is 1.61. The predicted molar refractivity (Wildman–Crippen MR) is 99.2 cm³/mol. The lowest BCUT2D eigenvalue weighted by Crippen LogP contribution is -2.22. The Balaban J connectivity index is 1.84. The zero-order valence-corrected chi connectivity index (χ0v) is 14.5. The number of aliphatic hydroxyl groups is 1. The molecule has 0 fully saturated rings. The van der Waals surface area contributed by atoms with Gasteiger partial charge in [0.2, 0.25) is 0 Å². The van der Waals surface area contributed by atoms with Crippen molar-refractivity contribution in [3.8, 4) is 5.75 Å². The molecule has 0 saturated carbocycles. The Morgan fingerprint density at radius 2 is 1.88 bits per heavy atom. The van der Waals surface area contributed by atoms with Crippen LogP contribution in [0.3, 0.4) is 0 Å². The first kappa shape index (κ1) is 16.4. The minimum Gasteiger partial charge on any atom is -0.497 e. The molecule has 0 bridgehead atoms. The normalized spacial score (nSPS) is 13.8. The van der Waals surface area contributed by atoms with Crippen LogP contribution in [0, 0.1) is 0 Å². The quantitative estimate of drug-likeness (QED) is 0.741. The van der Waals surface area contributed by atoms with Crippen molar-refractivity contribution in [1.82, 2.24) is 4.98 Å². The number of rotatable bonds is 5. The highest BCUT2D eigenvalue weighted by Gasteiger charge is 2.29. The Morgan fingerprint density at radius 3 is 2.62 bits per heavy atom. The molecule has 3 nitrogen and oxygen atoms in total. The number of benzene rings is 2. The SMILES string of the molecule is COc1cccc(C(C)(O)c2nc(/C=C/c3ccccc3)cs2)c1. The van der Waals surface area contributed by atoms with E-state index in [1.807, 2.05) is 72.1 Å². The third kappa shape index (κ3) is 3.55. The molecule has 0 saturated heterocycles. The summed E-state index contributed by atoms with van der Waals surface area (Å²) >= 11 is 1.45. The molecule has 1 unspecified atom stereocenters. The summed E-state index contributed by atoms with van der Waals surface area (Å²) < 4.78 is 5.24. The fourth-order valence-electron chi connectivity index (χ4n) is 2.38. The molecule has 0 amide bonds. The Kier molecular flexibility index (Phi) is 4.79. The third-order valence-electron chi connectivity index (χ3n) is 3.82. The van der Waals surface area contributed by atoms with Crippen molar-refractivity contribution in [1.29, 1.82) is 0 Å². The summed E-state index contributed by atoms with van der Waals surface area (Å²) in [5.41, 5.74) is 1.56. The van der Waals surface area contributed by atoms with E-state index >= 15 is 0 Å². The molecule has 0 aliphatic heterocycles. The first-order valence-electron chi connectivity index (χ1n) is 7.65. The molecule has 4 heteroatoms. The molecule has 1 N–H and O–H groups in total. The second-order valence-electron chi connectivity index (χ2n) is 5.63. The molecule has 1 aromatic heterocycles. The van der Waals surface area contributed by atoms with Gasteiger partial charge in [-0.25, -0.2) is 4.98 Å². The van der Waals surface area contributed by atoms with Gasteiger partial charge in [-0.3, -0.25) is 0 Å². The Morgan fingerprint density at radius 1 is 1.08 bits per heavy atom. The number of hydrogen-bond acceptors (Lipinski definition) is 4. The van der Waals surface area contributed by atoms with Gasteiger partial charge in [0.05, 0.1) is 12.8 Å². The van der Waals surface area contributed by atoms with Crippen LogP contribution in [0.2, 0.25) is 0 Å². The van der Waals surface area contributed by atoms with E-state index in [2.05, 4.69) is 4.98 Å². The Labute approximate surface area is 145 Å². The molecular weight excluding hydrogens is 318 g/mol. The largest absolute Gasteiger partial charge is 0.497 e. The fraction of sp³-hybridized carbons (Fsp3) is 0.150. The van der Waals surface area contributed by atoms with E-state index in [1.54, 1.807) is 14.0 Å². The van der Waals surface area contributed by atoms with E-state index in [0.29, 0.717) is 10.8 Å². The highest BCUT2D eigenvalue weighted by atomic mass is 32.1. The van der Waals surface area contributed by atoms with Crippen molar-refractivity contribution < 1.29 is 9.84 Å². The van der Waals surface area contributed by atoms with Gasteiger partial charge in [0.1, 0.15) is 16.4 Å². The van der Waals surface area contributed by atoms with Gasteiger partial charge in [-0.2, -0.15) is 0 Å². The van der Waals surface area contributed by atoms with Crippen LogP contribution in [0.4, 0.5) is 0 Å². The van der Waals surface area contributed by atoms with Crippen LogP contribution < -0.4 is 4.74 Å². The van der Waals surface area contributed by atoms with Gasteiger partial charge < -0.3 is 9.84 Å². The number of aromatic nitrogens is 1. The van der Waals surface area contributed by atoms with E-state index in [-0.39, 0.29) is 0 Å². The maximum absolute atomic E-state index is 10.9. The number of thiazole rings is 1. The van der Waals surface area contributed by atoms with E-state index in [1.165, 1.54) is 11.3 Å². The lowest BCUT2D eigenvalue weighted by atomic mass is 9.96. The molecule has 3 aromatic rings. The molecule has 122 valence electrons. The molecule has 0 aliphatic rings. The van der Waals surface area contributed by atoms with Gasteiger partial charge >= 0.3 is 0 Å². The molecular formula is C20H19NO2S. The zero-order chi connectivity index (χ0) is 17.0. The first-order chi connectivity index (χ1) is 11.6. The number of methoxy groups -OCH3 is 1. The lowest BCUT2D eigenvalue weighted by molar-refractivity contribution is 0.102. The minimum absolute atomic E-state index is 0.656. The van der Waals surface area contributed by atoms with Crippen LogP contribution in [0.1, 0.15) is 28.8 Å². The Bertz CT molecular complexity index is 838. The first-order valence-corrected chi connectivity index (χ1v) is 8.53. The van der Waals surface area contributed by atoms with Crippen LogP contribution in [0.15, 0.2) is 60.0 Å². The molecule has 0 radical (unpaired) electrons. The number of nitrogens with zero attached hydrogens (tertiary/aromatic N) is 1. The maximum atomic E-state index is 10.9. The van der Waals surface area contributed by atoms with E-state index in [0.717, 1.165) is 16.8 Å². The molecule has 24 heavy (non-hydrogen) atoms. The highest BCUT2D eigenvalue weighted by molar-refractivity contribution is 7.09. The average molecular weight is 337 g/mol. The van der Waals surface area contributed by atoms with Crippen molar-refractivity contribution in [3.05, 3.63) is 81.8 Å². The van der Waals surface area contributed by atoms with Gasteiger partial charge in [-0.15, -0.1) is 11.3 Å². The summed E-state index contributed by atoms with van der Waals surface area (Å²) in [6, 6.07) is 17.5. The lowest BCUT2D eigenvalue weighted by Gasteiger charge is -2.21. The van der Waals surface area contributed by atoms with Gasteiger partial charge in [0.15, 0.2) is 0 Å². The van der Waals surface area contributed by atoms with E-state index < -0.39 is 5.60 Å². The van der Waals surface area contributed by atoms with Crippen molar-refractivity contribution in [2.45, 2.75) is 12.5 Å². The molecule has 3 rings (SSSR count). The fourth-order valence-corrected chi connectivity index (χ4v) is 3.25. The van der Waals surface area contributed by atoms with Gasteiger partial charge in [0.25, 0.3) is 0 Å². The summed E-state index contributed by atoms with van der Waals surface area (Å²) in [6.45, 7) is 1.76. The zero-order valence-electron chi connectivity index (χ0n) is 13.6. The van der Waals surface area contributed by atoms with Crippen LogP contribution in [-0.2, 0) is 5.60 Å². The summed E-state index contributed by atoms with van der Waals surface area (Å²) in [4.78, 5) is 4.57. The standard InChI is InChI=1S/C20H19NO2S/c1-20(22,16-9-6-10-18(13-16)23-2)19-21-17(14-24-19)12-11-15-7-4-3-5-8-15/h3-14,22H,1-2H3/b12-11+. The van der Waals surface area contributed by atoms with Gasteiger partial charge in [-0.1, -0.05) is 48.5 Å². The van der Waals surface area contributed by atoms with Gasteiger partial charge in [-0.05, 0) is 36.3 Å². The van der Waals surface area contributed by atoms with Crippen molar-refractivity contribution in [2.75, 3.05) is 7.11 Å². The van der Waals surface area contributed by atoms with Crippen LogP contribution in [0.25, 0.3) is 12.2 Å². The van der Waals surface area contributed by atoms with E-state index in [9.17, 15) is 5.11 Å². The Hall–Kier alpha value is -2.43. The summed E-state index contributed by atoms with van der Waals surface area (Å²) in [5, 5.41) is 13.5. The number of ether oxygens (including phenoxy) is 1. The molecule has 1 atom stereocenters. The summed E-state index contributed by atoms with van der Waals surface area (Å²) in [6.07, 6.45) is 3.97. The monoisotopic (exact) mass is 337 g/mol. The van der Waals surface area contributed by atoms with Crippen molar-refractivity contribution >= 4 is 23.5 Å². The average Bonchev–Trinajstić information content (AvgIpc) is 3.11. The maximum Gasteiger partial charge on any atom is 0.138 e. The molecule has 0 aliphatic carbocycles. The van der Waals surface area contributed by atoms with Crippen molar-refractivity contribution in [2.24, 2.45) is 0 Å². The van der Waals surface area contributed by atoms with Crippen LogP contribution in [0.5, 0.6) is 5.75 Å². The second-order valence-corrected chi connectivity index (χ2v) is 6.48. The second kappa shape index (κ2) is 6.99. The number of hydrogen-bond donors (Lipinski definition) is 1. The molecule has 1 heterocycles. The summed E-state index contributed by atoms with van der Waals surface area (Å²) in [5.74, 6) is 0.716. The highest BCUT2D eigenvalue weighted by Crippen LogP contribution is 2.33. The minimum atomic E-state index is -1.15. The van der Waals surface area contributed by atoms with Crippen LogP contribution >= 0.6 is 11.3 Å². The predicted octanol–water partition coefficient (Wildman–Crippen LogP) is 4.58.